The zero-order valence-electron chi connectivity index (χ0n) is 16.7. The van der Waals surface area contributed by atoms with Gasteiger partial charge in [-0.05, 0) is 56.3 Å². The van der Waals surface area contributed by atoms with Crippen LogP contribution in [0.5, 0.6) is 0 Å². The Kier molecular flexibility index (Phi) is 5.53. The summed E-state index contributed by atoms with van der Waals surface area (Å²) < 4.78 is 15.1. The van der Waals surface area contributed by atoms with Crippen LogP contribution in [0.25, 0.3) is 22.0 Å². The highest BCUT2D eigenvalue weighted by atomic mass is 19.1. The van der Waals surface area contributed by atoms with Gasteiger partial charge in [0.05, 0.1) is 12.7 Å². The number of rotatable bonds is 5. The lowest BCUT2D eigenvalue weighted by Gasteiger charge is -2.31. The molecule has 1 amide bonds. The van der Waals surface area contributed by atoms with E-state index in [4.69, 9.17) is 0 Å². The maximum atomic E-state index is 13.4. The van der Waals surface area contributed by atoms with E-state index < -0.39 is 6.17 Å². The quantitative estimate of drug-likeness (QED) is 0.717. The maximum Gasteiger partial charge on any atom is 0.239 e. The van der Waals surface area contributed by atoms with Gasteiger partial charge in [-0.3, -0.25) is 14.4 Å². The standard InChI is InChI=1S/C21H25FN6O/c1-14(22)15-5-7-28(8-6-15)13-21(29)24-20-10-18-9-16(3-4-17(18)11-23-20)19-12-27(2)26-25-19/h3-4,9-12,14-15H,5-8,13H2,1-2H3,(H,23,24,29). The fourth-order valence-corrected chi connectivity index (χ4v) is 3.80. The number of likely N-dealkylation sites (tertiary alicyclic amines) is 1. The van der Waals surface area contributed by atoms with E-state index in [9.17, 15) is 9.18 Å². The fraction of sp³-hybridized carbons (Fsp3) is 0.429. The minimum Gasteiger partial charge on any atom is -0.310 e. The fourth-order valence-electron chi connectivity index (χ4n) is 3.80. The van der Waals surface area contributed by atoms with Crippen molar-refractivity contribution in [3.63, 3.8) is 0 Å². The van der Waals surface area contributed by atoms with Crippen molar-refractivity contribution in [2.75, 3.05) is 25.0 Å². The number of aromatic nitrogens is 4. The zero-order chi connectivity index (χ0) is 20.4. The molecule has 1 aliphatic rings. The van der Waals surface area contributed by atoms with Gasteiger partial charge in [0, 0.05) is 24.2 Å². The summed E-state index contributed by atoms with van der Waals surface area (Å²) in [5.41, 5.74) is 1.75. The molecular weight excluding hydrogens is 371 g/mol. The third-order valence-corrected chi connectivity index (χ3v) is 5.54. The molecule has 1 aromatic carbocycles. The molecule has 1 aliphatic heterocycles. The molecular formula is C21H25FN6O. The molecule has 4 rings (SSSR count). The summed E-state index contributed by atoms with van der Waals surface area (Å²) in [6.07, 6.45) is 4.42. The van der Waals surface area contributed by atoms with Crippen LogP contribution >= 0.6 is 0 Å². The van der Waals surface area contributed by atoms with Crippen LogP contribution in [-0.4, -0.2) is 56.6 Å². The summed E-state index contributed by atoms with van der Waals surface area (Å²) in [6.45, 7) is 3.42. The highest BCUT2D eigenvalue weighted by Crippen LogP contribution is 2.24. The number of alkyl halides is 1. The second-order valence-corrected chi connectivity index (χ2v) is 7.75. The molecule has 1 saturated heterocycles. The molecule has 29 heavy (non-hydrogen) atoms. The van der Waals surface area contributed by atoms with E-state index in [1.165, 1.54) is 0 Å². The van der Waals surface area contributed by atoms with Crippen LogP contribution in [0.15, 0.2) is 36.7 Å². The Morgan fingerprint density at radius 3 is 2.76 bits per heavy atom. The Bertz CT molecular complexity index is 1010. The monoisotopic (exact) mass is 396 g/mol. The molecule has 152 valence electrons. The van der Waals surface area contributed by atoms with Gasteiger partial charge >= 0.3 is 0 Å². The molecule has 1 atom stereocenters. The van der Waals surface area contributed by atoms with Crippen molar-refractivity contribution in [1.82, 2.24) is 24.9 Å². The predicted molar refractivity (Wildman–Crippen MR) is 110 cm³/mol. The van der Waals surface area contributed by atoms with Crippen molar-refractivity contribution in [3.05, 3.63) is 36.7 Å². The van der Waals surface area contributed by atoms with Crippen molar-refractivity contribution in [1.29, 1.82) is 0 Å². The van der Waals surface area contributed by atoms with Crippen LogP contribution < -0.4 is 5.32 Å². The Labute approximate surface area is 168 Å². The molecule has 3 heterocycles. The highest BCUT2D eigenvalue weighted by Gasteiger charge is 2.24. The molecule has 0 radical (unpaired) electrons. The van der Waals surface area contributed by atoms with Gasteiger partial charge in [-0.15, -0.1) is 5.10 Å². The smallest absolute Gasteiger partial charge is 0.239 e. The molecule has 0 spiro atoms. The van der Waals surface area contributed by atoms with Gasteiger partial charge in [-0.2, -0.15) is 0 Å². The molecule has 8 heteroatoms. The molecule has 0 saturated carbocycles. The van der Waals surface area contributed by atoms with E-state index in [1.807, 2.05) is 37.5 Å². The summed E-state index contributed by atoms with van der Waals surface area (Å²) in [5.74, 6) is 0.528. The number of nitrogens with one attached hydrogen (secondary N) is 1. The lowest BCUT2D eigenvalue weighted by atomic mass is 9.93. The molecule has 2 aromatic heterocycles. The Hall–Kier alpha value is -2.87. The van der Waals surface area contributed by atoms with E-state index in [-0.39, 0.29) is 11.8 Å². The first-order valence-corrected chi connectivity index (χ1v) is 9.91. The second-order valence-electron chi connectivity index (χ2n) is 7.75. The van der Waals surface area contributed by atoms with Crippen LogP contribution in [-0.2, 0) is 11.8 Å². The normalized spacial score (nSPS) is 16.8. The number of pyridine rings is 1. The Morgan fingerprint density at radius 2 is 2.07 bits per heavy atom. The largest absolute Gasteiger partial charge is 0.310 e. The number of hydrogen-bond acceptors (Lipinski definition) is 5. The third kappa shape index (κ3) is 4.59. The molecule has 3 aromatic rings. The second kappa shape index (κ2) is 8.24. The van der Waals surface area contributed by atoms with Crippen molar-refractivity contribution in [3.8, 4) is 11.3 Å². The maximum absolute atomic E-state index is 13.4. The van der Waals surface area contributed by atoms with Gasteiger partial charge < -0.3 is 5.32 Å². The number of carbonyl (C=O) groups is 1. The summed E-state index contributed by atoms with van der Waals surface area (Å²) >= 11 is 0. The number of benzene rings is 1. The van der Waals surface area contributed by atoms with Crippen LogP contribution in [0.2, 0.25) is 0 Å². The van der Waals surface area contributed by atoms with Gasteiger partial charge in [-0.1, -0.05) is 17.3 Å². The van der Waals surface area contributed by atoms with E-state index in [1.54, 1.807) is 17.8 Å². The average Bonchev–Trinajstić information content (AvgIpc) is 3.14. The van der Waals surface area contributed by atoms with Gasteiger partial charge in [0.2, 0.25) is 5.91 Å². The minimum absolute atomic E-state index is 0.103. The first-order valence-electron chi connectivity index (χ1n) is 9.91. The number of fused-ring (bicyclic) bond motifs is 1. The van der Waals surface area contributed by atoms with Crippen LogP contribution in [0.3, 0.4) is 0 Å². The molecule has 1 fully saturated rings. The Morgan fingerprint density at radius 1 is 1.28 bits per heavy atom. The van der Waals surface area contributed by atoms with Gasteiger partial charge in [0.25, 0.3) is 0 Å². The van der Waals surface area contributed by atoms with E-state index in [0.29, 0.717) is 12.4 Å². The predicted octanol–water partition coefficient (Wildman–Crippen LogP) is 3.04. The summed E-state index contributed by atoms with van der Waals surface area (Å²) in [4.78, 5) is 18.9. The molecule has 7 nitrogen and oxygen atoms in total. The molecule has 0 bridgehead atoms. The number of piperidine rings is 1. The van der Waals surface area contributed by atoms with Gasteiger partial charge in [0.15, 0.2) is 0 Å². The highest BCUT2D eigenvalue weighted by molar-refractivity contribution is 5.94. The lowest BCUT2D eigenvalue weighted by molar-refractivity contribution is -0.117. The number of aryl methyl sites for hydroxylation is 1. The molecule has 1 unspecified atom stereocenters. The molecule has 1 N–H and O–H groups in total. The number of nitrogens with zero attached hydrogens (tertiary/aromatic N) is 5. The number of carbonyl (C=O) groups excluding carboxylic acids is 1. The Balaban J connectivity index is 1.42. The number of anilines is 1. The van der Waals surface area contributed by atoms with Crippen molar-refractivity contribution in [2.45, 2.75) is 25.9 Å². The van der Waals surface area contributed by atoms with Crippen LogP contribution in [0.4, 0.5) is 10.2 Å². The number of amides is 1. The van der Waals surface area contributed by atoms with Crippen molar-refractivity contribution < 1.29 is 9.18 Å². The first-order chi connectivity index (χ1) is 14.0. The first kappa shape index (κ1) is 19.4. The van der Waals surface area contributed by atoms with Gasteiger partial charge in [0.1, 0.15) is 17.7 Å². The SMILES string of the molecule is CC(F)C1CCN(CC(=O)Nc2cc3cc(-c4cn(C)nn4)ccc3cn2)CC1. The van der Waals surface area contributed by atoms with Gasteiger partial charge in [-0.25, -0.2) is 9.37 Å². The summed E-state index contributed by atoms with van der Waals surface area (Å²) in [6, 6.07) is 7.84. The average molecular weight is 396 g/mol. The lowest BCUT2D eigenvalue weighted by Crippen LogP contribution is -2.40. The molecule has 0 aliphatic carbocycles. The van der Waals surface area contributed by atoms with E-state index in [2.05, 4.69) is 25.5 Å². The van der Waals surface area contributed by atoms with Crippen molar-refractivity contribution in [2.24, 2.45) is 13.0 Å². The topological polar surface area (TPSA) is 75.9 Å². The number of hydrogen-bond donors (Lipinski definition) is 1. The number of halogens is 1. The third-order valence-electron chi connectivity index (χ3n) is 5.54. The summed E-state index contributed by atoms with van der Waals surface area (Å²) in [7, 11) is 1.83. The zero-order valence-corrected chi connectivity index (χ0v) is 16.7. The summed E-state index contributed by atoms with van der Waals surface area (Å²) in [5, 5.41) is 12.9. The van der Waals surface area contributed by atoms with E-state index in [0.717, 1.165) is 48.0 Å². The van der Waals surface area contributed by atoms with Crippen LogP contribution in [0.1, 0.15) is 19.8 Å². The van der Waals surface area contributed by atoms with Crippen LogP contribution in [0, 0.1) is 5.92 Å². The minimum atomic E-state index is -0.778. The van der Waals surface area contributed by atoms with Crippen molar-refractivity contribution >= 4 is 22.5 Å². The van der Waals surface area contributed by atoms with E-state index >= 15 is 0 Å².